The van der Waals surface area contributed by atoms with Crippen LogP contribution in [-0.4, -0.2) is 4.57 Å². The van der Waals surface area contributed by atoms with Crippen LogP contribution >= 0.6 is 0 Å². The first-order valence-electron chi connectivity index (χ1n) is 19.8. The molecule has 12 rings (SSSR count). The number of nitrogens with zero attached hydrogens (tertiary/aromatic N) is 2. The van der Waals surface area contributed by atoms with Crippen LogP contribution in [0.1, 0.15) is 22.3 Å². The van der Waals surface area contributed by atoms with Crippen molar-refractivity contribution in [3.8, 4) is 39.1 Å². The average molecular weight is 725 g/mol. The van der Waals surface area contributed by atoms with E-state index in [4.69, 9.17) is 0 Å². The maximum atomic E-state index is 2.49. The molecule has 266 valence electrons. The molecule has 10 aromatic rings. The van der Waals surface area contributed by atoms with Crippen LogP contribution in [-0.2, 0) is 5.41 Å². The van der Waals surface area contributed by atoms with Crippen LogP contribution in [0, 0.1) is 0 Å². The van der Waals surface area contributed by atoms with Crippen LogP contribution in [0.25, 0.3) is 60.9 Å². The zero-order chi connectivity index (χ0) is 37.5. The van der Waals surface area contributed by atoms with Crippen molar-refractivity contribution >= 4 is 38.9 Å². The molecule has 0 unspecified atom stereocenters. The van der Waals surface area contributed by atoms with Gasteiger partial charge in [0.15, 0.2) is 0 Å². The summed E-state index contributed by atoms with van der Waals surface area (Å²) in [6, 6.07) is 80.4. The van der Waals surface area contributed by atoms with Crippen LogP contribution in [0.15, 0.2) is 218 Å². The molecule has 0 N–H and O–H groups in total. The highest BCUT2D eigenvalue weighted by Crippen LogP contribution is 2.63. The molecular formula is C55H36N2. The first-order valence-corrected chi connectivity index (χ1v) is 19.8. The van der Waals surface area contributed by atoms with Crippen molar-refractivity contribution in [2.75, 3.05) is 4.90 Å². The minimum atomic E-state index is -0.432. The van der Waals surface area contributed by atoms with Gasteiger partial charge in [-0.05, 0) is 104 Å². The van der Waals surface area contributed by atoms with Crippen LogP contribution in [0.5, 0.6) is 0 Å². The first kappa shape index (κ1) is 31.9. The molecule has 0 bridgehead atoms. The van der Waals surface area contributed by atoms with Crippen molar-refractivity contribution in [3.05, 3.63) is 241 Å². The van der Waals surface area contributed by atoms with Gasteiger partial charge in [-0.2, -0.15) is 0 Å². The summed E-state index contributed by atoms with van der Waals surface area (Å²) in [6.07, 6.45) is 0. The standard InChI is InChI=1S/C55H36N2/c1-3-16-37(17-4-1)38-30-32-40(33-31-38)57-52-28-14-10-23-46(52)47-24-15-29-53(54(47)57)56(39-18-5-2-6-19-39)41-34-35-45-44-22-9-13-27-50(44)55(51(45)36-41)48-25-11-7-20-42(48)43-21-8-12-26-49(43)55/h1-36H. The molecule has 0 aliphatic heterocycles. The lowest BCUT2D eigenvalue weighted by Crippen LogP contribution is -2.26. The monoisotopic (exact) mass is 724 g/mol. The van der Waals surface area contributed by atoms with E-state index in [1.165, 1.54) is 77.4 Å². The van der Waals surface area contributed by atoms with Gasteiger partial charge >= 0.3 is 0 Å². The largest absolute Gasteiger partial charge is 0.308 e. The van der Waals surface area contributed by atoms with Crippen LogP contribution in [0.3, 0.4) is 0 Å². The number of anilines is 3. The lowest BCUT2D eigenvalue weighted by atomic mass is 9.70. The quantitative estimate of drug-likeness (QED) is 0.172. The fourth-order valence-electron chi connectivity index (χ4n) is 10.1. The van der Waals surface area contributed by atoms with Gasteiger partial charge in [0, 0.05) is 27.8 Å². The number of para-hydroxylation sites is 3. The maximum absolute atomic E-state index is 2.49. The third-order valence-corrected chi connectivity index (χ3v) is 12.4. The van der Waals surface area contributed by atoms with Crippen molar-refractivity contribution in [2.45, 2.75) is 5.41 Å². The third kappa shape index (κ3) is 4.47. The molecule has 0 amide bonds. The topological polar surface area (TPSA) is 8.17 Å². The minimum absolute atomic E-state index is 0.432. The Hall–Kier alpha value is -7.42. The Morgan fingerprint density at radius 3 is 1.54 bits per heavy atom. The number of rotatable bonds is 5. The summed E-state index contributed by atoms with van der Waals surface area (Å²) in [5, 5.41) is 2.46. The van der Waals surface area contributed by atoms with Gasteiger partial charge in [-0.1, -0.05) is 170 Å². The number of benzene rings is 9. The summed E-state index contributed by atoms with van der Waals surface area (Å²) < 4.78 is 2.46. The second-order valence-corrected chi connectivity index (χ2v) is 15.2. The van der Waals surface area contributed by atoms with Gasteiger partial charge in [-0.3, -0.25) is 0 Å². The molecule has 2 aliphatic carbocycles. The van der Waals surface area contributed by atoms with E-state index < -0.39 is 5.41 Å². The van der Waals surface area contributed by atoms with Gasteiger partial charge in [0.25, 0.3) is 0 Å². The number of aromatic nitrogens is 1. The predicted octanol–water partition coefficient (Wildman–Crippen LogP) is 14.3. The van der Waals surface area contributed by atoms with Crippen molar-refractivity contribution in [1.29, 1.82) is 0 Å². The highest BCUT2D eigenvalue weighted by atomic mass is 15.2. The van der Waals surface area contributed by atoms with E-state index in [1.54, 1.807) is 0 Å². The van der Waals surface area contributed by atoms with E-state index >= 15 is 0 Å². The Bertz CT molecular complexity index is 3110. The molecule has 0 saturated heterocycles. The molecule has 0 atom stereocenters. The van der Waals surface area contributed by atoms with E-state index in [1.807, 2.05) is 0 Å². The fraction of sp³-hybridized carbons (Fsp3) is 0.0182. The van der Waals surface area contributed by atoms with Gasteiger partial charge in [-0.25, -0.2) is 0 Å². The van der Waals surface area contributed by atoms with E-state index in [2.05, 4.69) is 228 Å². The Labute approximate surface area is 332 Å². The highest BCUT2D eigenvalue weighted by Gasteiger charge is 2.51. The van der Waals surface area contributed by atoms with Gasteiger partial charge in [0.05, 0.1) is 22.1 Å². The molecule has 2 nitrogen and oxygen atoms in total. The maximum Gasteiger partial charge on any atom is 0.0782 e. The fourth-order valence-corrected chi connectivity index (χ4v) is 10.1. The Morgan fingerprint density at radius 2 is 0.877 bits per heavy atom. The third-order valence-electron chi connectivity index (χ3n) is 12.4. The van der Waals surface area contributed by atoms with Gasteiger partial charge in [0.1, 0.15) is 0 Å². The van der Waals surface area contributed by atoms with Gasteiger partial charge in [0.2, 0.25) is 0 Å². The van der Waals surface area contributed by atoms with Gasteiger partial charge in [-0.15, -0.1) is 0 Å². The van der Waals surface area contributed by atoms with Crippen LogP contribution in [0.2, 0.25) is 0 Å². The minimum Gasteiger partial charge on any atom is -0.308 e. The second-order valence-electron chi connectivity index (χ2n) is 15.2. The molecule has 0 saturated carbocycles. The molecule has 2 heteroatoms. The van der Waals surface area contributed by atoms with E-state index in [-0.39, 0.29) is 0 Å². The molecule has 57 heavy (non-hydrogen) atoms. The number of hydrogen-bond acceptors (Lipinski definition) is 1. The molecule has 1 spiro atoms. The molecule has 1 aromatic heterocycles. The van der Waals surface area contributed by atoms with E-state index in [9.17, 15) is 0 Å². The SMILES string of the molecule is c1ccc(-c2ccc(-n3c4ccccc4c4cccc(N(c5ccccc5)c5ccc6c(c5)C5(c7ccccc7-c7ccccc75)c5ccccc5-6)c43)cc2)cc1. The summed E-state index contributed by atoms with van der Waals surface area (Å²) in [6.45, 7) is 0. The summed E-state index contributed by atoms with van der Waals surface area (Å²) in [7, 11) is 0. The Kier molecular flexibility index (Phi) is 6.88. The number of fused-ring (bicyclic) bond motifs is 13. The van der Waals surface area contributed by atoms with Crippen molar-refractivity contribution < 1.29 is 0 Å². The molecular weight excluding hydrogens is 689 g/mol. The summed E-state index contributed by atoms with van der Waals surface area (Å²) in [5.74, 6) is 0. The molecule has 2 aliphatic rings. The van der Waals surface area contributed by atoms with Crippen molar-refractivity contribution in [2.24, 2.45) is 0 Å². The molecule has 1 heterocycles. The lowest BCUT2D eigenvalue weighted by Gasteiger charge is -2.32. The van der Waals surface area contributed by atoms with Gasteiger partial charge < -0.3 is 9.47 Å². The van der Waals surface area contributed by atoms with E-state index in [0.717, 1.165) is 22.7 Å². The smallest absolute Gasteiger partial charge is 0.0782 e. The molecule has 0 radical (unpaired) electrons. The summed E-state index contributed by atoms with van der Waals surface area (Å²) in [4.78, 5) is 2.47. The molecule has 0 fully saturated rings. The van der Waals surface area contributed by atoms with Crippen molar-refractivity contribution in [1.82, 2.24) is 4.57 Å². The Balaban J connectivity index is 1.13. The predicted molar refractivity (Wildman–Crippen MR) is 237 cm³/mol. The van der Waals surface area contributed by atoms with E-state index in [0.29, 0.717) is 0 Å². The highest BCUT2D eigenvalue weighted by molar-refractivity contribution is 6.14. The second kappa shape index (κ2) is 12.3. The van der Waals surface area contributed by atoms with Crippen LogP contribution in [0.4, 0.5) is 17.1 Å². The summed E-state index contributed by atoms with van der Waals surface area (Å²) in [5.41, 5.74) is 19.4. The van der Waals surface area contributed by atoms with Crippen molar-refractivity contribution in [3.63, 3.8) is 0 Å². The van der Waals surface area contributed by atoms with Crippen LogP contribution < -0.4 is 4.90 Å². The number of hydrogen-bond donors (Lipinski definition) is 0. The first-order chi connectivity index (χ1) is 28.3. The zero-order valence-corrected chi connectivity index (χ0v) is 31.2. The molecule has 9 aromatic carbocycles. The average Bonchev–Trinajstić information content (AvgIpc) is 3.90. The lowest BCUT2D eigenvalue weighted by molar-refractivity contribution is 0.793. The summed E-state index contributed by atoms with van der Waals surface area (Å²) >= 11 is 0. The Morgan fingerprint density at radius 1 is 0.351 bits per heavy atom. The zero-order valence-electron chi connectivity index (χ0n) is 31.2. The normalized spacial score (nSPS) is 13.1.